The molecule has 1 aliphatic carbocycles. The zero-order chi connectivity index (χ0) is 45.0. The quantitative estimate of drug-likeness (QED) is 0.121. The average Bonchev–Trinajstić information content (AvgIpc) is 3.07. The summed E-state index contributed by atoms with van der Waals surface area (Å²) < 4.78 is 87.6. The van der Waals surface area contributed by atoms with Crippen LogP contribution in [-0.4, -0.2) is 36.5 Å². The summed E-state index contributed by atoms with van der Waals surface area (Å²) in [5.41, 5.74) is -4.32. The first-order chi connectivity index (χ1) is 25.2. The minimum atomic E-state index is -4.59. The number of halogens is 6. The molecule has 1 aliphatic rings. The van der Waals surface area contributed by atoms with Crippen molar-refractivity contribution in [1.82, 2.24) is 0 Å². The highest BCUT2D eigenvalue weighted by Crippen LogP contribution is 2.43. The molecule has 418 valence electrons. The van der Waals surface area contributed by atoms with E-state index in [0.717, 1.165) is 31.6 Å². The molecular formula is C56H128F6O4. The molecule has 10 heteroatoms. The average molecular weight is 980 g/mol. The van der Waals surface area contributed by atoms with Crippen LogP contribution in [0.1, 0.15) is 276 Å². The Kier molecular flexibility index (Phi) is 66.4. The lowest BCUT2D eigenvalue weighted by Gasteiger charge is -2.33. The molecule has 1 fully saturated rings. The van der Waals surface area contributed by atoms with Crippen molar-refractivity contribution in [2.24, 2.45) is 57.7 Å². The predicted octanol–water partition coefficient (Wildman–Crippen LogP) is 22.2. The molecule has 0 amide bonds. The molecule has 0 bridgehead atoms. The molecule has 0 aromatic heterocycles. The van der Waals surface area contributed by atoms with E-state index in [-0.39, 0.29) is 111 Å². The second kappa shape index (κ2) is 44.7. The molecule has 4 nitrogen and oxygen atoms in total. The van der Waals surface area contributed by atoms with E-state index in [1.54, 1.807) is 0 Å². The summed E-state index contributed by atoms with van der Waals surface area (Å²) in [6.07, 6.45) is 2.27. The lowest BCUT2D eigenvalue weighted by Crippen LogP contribution is -2.45. The Bertz CT molecular complexity index is 968. The fraction of sp³-hybridized carbons (Fsp3) is 0.964. The van der Waals surface area contributed by atoms with Crippen LogP contribution in [0, 0.1) is 57.7 Å². The summed E-state index contributed by atoms with van der Waals surface area (Å²) in [5, 5.41) is 0. The van der Waals surface area contributed by atoms with Gasteiger partial charge in [0.05, 0.1) is 0 Å². The van der Waals surface area contributed by atoms with Gasteiger partial charge >= 0.3 is 24.3 Å². The van der Waals surface area contributed by atoms with Crippen LogP contribution >= 0.6 is 0 Å². The molecule has 0 N–H and O–H groups in total. The maximum atomic E-state index is 12.9. The first kappa shape index (κ1) is 98.1. The fourth-order valence-electron chi connectivity index (χ4n) is 6.86. The van der Waals surface area contributed by atoms with E-state index in [2.05, 4.69) is 48.5 Å². The van der Waals surface area contributed by atoms with Crippen LogP contribution in [-0.2, 0) is 19.1 Å². The molecule has 1 saturated carbocycles. The smallest absolute Gasteiger partial charge is 0.404 e. The third-order valence-corrected chi connectivity index (χ3v) is 11.5. The predicted molar refractivity (Wildman–Crippen MR) is 290 cm³/mol. The molecule has 4 atom stereocenters. The lowest BCUT2D eigenvalue weighted by atomic mass is 9.83. The summed E-state index contributed by atoms with van der Waals surface area (Å²) >= 11 is 0. The van der Waals surface area contributed by atoms with Gasteiger partial charge in [-0.15, -0.1) is 0 Å². The molecule has 0 aromatic rings. The summed E-state index contributed by atoms with van der Waals surface area (Å²) in [5.74, 6) is 0.551. The number of esters is 2. The maximum Gasteiger partial charge on any atom is 0.404 e. The summed E-state index contributed by atoms with van der Waals surface area (Å²) in [6.45, 7) is 35.3. The second-order valence-corrected chi connectivity index (χ2v) is 19.6. The van der Waals surface area contributed by atoms with Gasteiger partial charge in [-0.1, -0.05) is 237 Å². The van der Waals surface area contributed by atoms with E-state index in [1.165, 1.54) is 71.6 Å². The molecular weight excluding hydrogens is 851 g/mol. The first-order valence-electron chi connectivity index (χ1n) is 21.8. The molecule has 0 spiro atoms. The molecule has 66 heavy (non-hydrogen) atoms. The van der Waals surface area contributed by atoms with Gasteiger partial charge in [-0.3, -0.25) is 9.59 Å². The van der Waals surface area contributed by atoms with Crippen molar-refractivity contribution >= 4 is 11.9 Å². The Balaban J connectivity index is -0.0000000505. The topological polar surface area (TPSA) is 52.6 Å². The van der Waals surface area contributed by atoms with Crippen molar-refractivity contribution in [2.75, 3.05) is 0 Å². The normalized spacial score (nSPS) is 14.9. The third-order valence-electron chi connectivity index (χ3n) is 11.5. The van der Waals surface area contributed by atoms with Crippen molar-refractivity contribution in [3.63, 3.8) is 0 Å². The summed E-state index contributed by atoms with van der Waals surface area (Å²) in [6, 6.07) is 0. The van der Waals surface area contributed by atoms with Crippen molar-refractivity contribution in [3.8, 4) is 0 Å². The van der Waals surface area contributed by atoms with Crippen molar-refractivity contribution in [2.45, 2.75) is 301 Å². The Morgan fingerprint density at radius 2 is 0.727 bits per heavy atom. The lowest BCUT2D eigenvalue weighted by molar-refractivity contribution is -0.236. The van der Waals surface area contributed by atoms with E-state index in [0.29, 0.717) is 5.41 Å². The van der Waals surface area contributed by atoms with Gasteiger partial charge in [0.2, 0.25) is 0 Å². The maximum absolute atomic E-state index is 12.9. The second-order valence-electron chi connectivity index (χ2n) is 19.6. The van der Waals surface area contributed by atoms with E-state index in [4.69, 9.17) is 9.47 Å². The van der Waals surface area contributed by atoms with E-state index in [9.17, 15) is 35.9 Å². The van der Waals surface area contributed by atoms with E-state index >= 15 is 0 Å². The first-order valence-corrected chi connectivity index (χ1v) is 21.8. The highest BCUT2D eigenvalue weighted by molar-refractivity contribution is 5.78. The van der Waals surface area contributed by atoms with Gasteiger partial charge in [0, 0.05) is 0 Å². The Labute approximate surface area is 414 Å². The van der Waals surface area contributed by atoms with Crippen molar-refractivity contribution in [3.05, 3.63) is 0 Å². The number of rotatable bonds is 15. The Morgan fingerprint density at radius 1 is 0.470 bits per heavy atom. The molecule has 0 radical (unpaired) electrons. The number of hydrogen-bond donors (Lipinski definition) is 0. The molecule has 0 aromatic carbocycles. The van der Waals surface area contributed by atoms with E-state index < -0.39 is 47.3 Å². The van der Waals surface area contributed by atoms with Gasteiger partial charge in [0.15, 0.2) is 10.8 Å². The number of carbonyl (C=O) groups excluding carboxylic acids is 2. The van der Waals surface area contributed by atoms with Crippen molar-refractivity contribution < 1.29 is 45.4 Å². The number of alkyl halides is 6. The molecule has 0 heterocycles. The largest absolute Gasteiger partial charge is 0.461 e. The number of carbonyl (C=O) groups is 2. The van der Waals surface area contributed by atoms with Crippen LogP contribution in [0.15, 0.2) is 0 Å². The van der Waals surface area contributed by atoms with Crippen LogP contribution in [0.4, 0.5) is 26.3 Å². The fourth-order valence-corrected chi connectivity index (χ4v) is 6.86. The van der Waals surface area contributed by atoms with Gasteiger partial charge in [0.1, 0.15) is 12.2 Å². The minimum absolute atomic E-state index is 0. The SMILES string of the molecule is C.C.C.C.C.C.C.C.C.C.CCC(C)(C(=O)OC(C(C)C)C(C)C)C(F)(F)F.CCC(C)(C(=O)OC(C(C)C)C(C)C)C(F)(F)F.CCC(C)CC(C)(C)C.CCC(C)CC1CCCCC1. The molecule has 1 rings (SSSR count). The molecule has 4 unspecified atom stereocenters. The third kappa shape index (κ3) is 37.4. The van der Waals surface area contributed by atoms with E-state index in [1.807, 2.05) is 55.4 Å². The highest BCUT2D eigenvalue weighted by atomic mass is 19.4. The Morgan fingerprint density at radius 3 is 0.894 bits per heavy atom. The summed E-state index contributed by atoms with van der Waals surface area (Å²) in [4.78, 5) is 23.6. The van der Waals surface area contributed by atoms with Crippen LogP contribution in [0.3, 0.4) is 0 Å². The van der Waals surface area contributed by atoms with Crippen LogP contribution in [0.25, 0.3) is 0 Å². The zero-order valence-corrected chi connectivity index (χ0v) is 39.4. The van der Waals surface area contributed by atoms with Gasteiger partial charge < -0.3 is 9.47 Å². The standard InChI is InChI=1S/2C13H23F3O2.C11H22.C9H20.10CH4/c2*1-7-12(6,13(14,15)16)11(17)18-10(8(2)3)9(4)5;1-3-10(2)9-11-7-5-4-6-8-11;1-6-8(2)7-9(3,4)5;;;;;;;;;;/h2*8-10H,7H2,1-6H3;10-11H,3-9H2,1-2H3;8H,6-7H2,1-5H3;10*1H4. The summed E-state index contributed by atoms with van der Waals surface area (Å²) in [7, 11) is 0. The zero-order valence-electron chi connectivity index (χ0n) is 39.4. The van der Waals surface area contributed by atoms with Crippen LogP contribution < -0.4 is 0 Å². The minimum Gasteiger partial charge on any atom is -0.461 e. The highest BCUT2D eigenvalue weighted by Gasteiger charge is 2.58. The number of ether oxygens (including phenoxy) is 2. The van der Waals surface area contributed by atoms with Gasteiger partial charge in [-0.05, 0) is 86.4 Å². The monoisotopic (exact) mass is 979 g/mol. The van der Waals surface area contributed by atoms with Gasteiger partial charge in [-0.25, -0.2) is 0 Å². The number of hydrogen-bond acceptors (Lipinski definition) is 4. The Hall–Kier alpha value is -1.48. The van der Waals surface area contributed by atoms with Crippen molar-refractivity contribution in [1.29, 1.82) is 0 Å². The molecule has 0 saturated heterocycles. The molecule has 0 aliphatic heterocycles. The van der Waals surface area contributed by atoms with Gasteiger partial charge in [0.25, 0.3) is 0 Å². The van der Waals surface area contributed by atoms with Gasteiger partial charge in [-0.2, -0.15) is 26.3 Å². The van der Waals surface area contributed by atoms with Crippen LogP contribution in [0.5, 0.6) is 0 Å². The van der Waals surface area contributed by atoms with Crippen LogP contribution in [0.2, 0.25) is 0 Å².